The van der Waals surface area contributed by atoms with Gasteiger partial charge >= 0.3 is 0 Å². The van der Waals surface area contributed by atoms with Crippen LogP contribution in [0.3, 0.4) is 0 Å². The maximum atomic E-state index is 5.00. The van der Waals surface area contributed by atoms with Crippen LogP contribution in [0.5, 0.6) is 0 Å². The fourth-order valence-electron chi connectivity index (χ4n) is 1.83. The fraction of sp³-hybridized carbons (Fsp3) is 0.900. The van der Waals surface area contributed by atoms with Crippen molar-refractivity contribution < 1.29 is 4.74 Å². The van der Waals surface area contributed by atoms with Gasteiger partial charge in [0, 0.05) is 13.7 Å². The number of methoxy groups -OCH3 is 1. The van der Waals surface area contributed by atoms with Crippen molar-refractivity contribution >= 4 is 0 Å². The molecule has 1 aromatic rings. The summed E-state index contributed by atoms with van der Waals surface area (Å²) in [5.41, 5.74) is 0. The second-order valence-electron chi connectivity index (χ2n) is 4.43. The molecule has 0 spiro atoms. The van der Waals surface area contributed by atoms with E-state index in [4.69, 9.17) is 4.74 Å². The molecule has 1 aliphatic carbocycles. The third-order valence-electron chi connectivity index (χ3n) is 3.04. The van der Waals surface area contributed by atoms with Gasteiger partial charge in [-0.1, -0.05) is 6.92 Å². The summed E-state index contributed by atoms with van der Waals surface area (Å²) in [4.78, 5) is 0. The monoisotopic (exact) mass is 225 g/mol. The van der Waals surface area contributed by atoms with E-state index in [1.165, 1.54) is 6.42 Å². The maximum Gasteiger partial charge on any atom is 0.168 e. The minimum absolute atomic E-state index is 0.165. The second kappa shape index (κ2) is 4.88. The molecular weight excluding hydrogens is 206 g/mol. The van der Waals surface area contributed by atoms with Crippen molar-refractivity contribution in [2.24, 2.45) is 5.92 Å². The van der Waals surface area contributed by atoms with Crippen molar-refractivity contribution in [1.82, 2.24) is 25.5 Å². The quantitative estimate of drug-likeness (QED) is 0.716. The van der Waals surface area contributed by atoms with Crippen LogP contribution >= 0.6 is 0 Å². The van der Waals surface area contributed by atoms with Gasteiger partial charge in [0.25, 0.3) is 0 Å². The predicted molar refractivity (Wildman–Crippen MR) is 58.9 cm³/mol. The van der Waals surface area contributed by atoms with Gasteiger partial charge in [-0.25, -0.2) is 4.68 Å². The summed E-state index contributed by atoms with van der Waals surface area (Å²) >= 11 is 0. The highest BCUT2D eigenvalue weighted by molar-refractivity contribution is 4.98. The van der Waals surface area contributed by atoms with Crippen LogP contribution in [0.2, 0.25) is 0 Å². The predicted octanol–water partition coefficient (Wildman–Crippen LogP) is 0.551. The van der Waals surface area contributed by atoms with Gasteiger partial charge in [-0.2, -0.15) is 0 Å². The van der Waals surface area contributed by atoms with Crippen LogP contribution < -0.4 is 5.32 Å². The Labute approximate surface area is 95.4 Å². The van der Waals surface area contributed by atoms with E-state index >= 15 is 0 Å². The topological polar surface area (TPSA) is 64.9 Å². The van der Waals surface area contributed by atoms with E-state index in [9.17, 15) is 0 Å². The smallest absolute Gasteiger partial charge is 0.168 e. The Hall–Kier alpha value is -1.01. The molecule has 0 amide bonds. The molecule has 1 N–H and O–H groups in total. The normalized spacial score (nSPS) is 25.7. The van der Waals surface area contributed by atoms with Crippen molar-refractivity contribution in [3.63, 3.8) is 0 Å². The summed E-state index contributed by atoms with van der Waals surface area (Å²) < 4.78 is 6.95. The number of ether oxygens (including phenoxy) is 1. The molecule has 0 aromatic carbocycles. The van der Waals surface area contributed by atoms with Gasteiger partial charge in [-0.05, 0) is 29.7 Å². The molecule has 16 heavy (non-hydrogen) atoms. The Kier molecular flexibility index (Phi) is 3.50. The highest BCUT2D eigenvalue weighted by atomic mass is 16.5. The van der Waals surface area contributed by atoms with Gasteiger partial charge in [0.15, 0.2) is 5.82 Å². The Bertz CT molecular complexity index is 340. The lowest BCUT2D eigenvalue weighted by molar-refractivity contribution is 0.195. The number of rotatable bonds is 6. The molecule has 1 aliphatic rings. The average molecular weight is 225 g/mol. The first-order valence-corrected chi connectivity index (χ1v) is 5.74. The molecule has 0 saturated heterocycles. The van der Waals surface area contributed by atoms with Crippen molar-refractivity contribution in [1.29, 1.82) is 0 Å². The van der Waals surface area contributed by atoms with Crippen LogP contribution in [0, 0.1) is 5.92 Å². The molecule has 6 heteroatoms. The number of tetrazole rings is 1. The summed E-state index contributed by atoms with van der Waals surface area (Å²) in [5, 5.41) is 15.2. The van der Waals surface area contributed by atoms with E-state index in [0.29, 0.717) is 18.6 Å². The number of aromatic nitrogens is 4. The zero-order valence-corrected chi connectivity index (χ0v) is 10.1. The molecule has 3 atom stereocenters. The summed E-state index contributed by atoms with van der Waals surface area (Å²) in [5.74, 6) is 1.62. The number of hydrogen-bond donors (Lipinski definition) is 1. The zero-order chi connectivity index (χ0) is 11.5. The van der Waals surface area contributed by atoms with Crippen molar-refractivity contribution in [2.75, 3.05) is 20.3 Å². The van der Waals surface area contributed by atoms with E-state index in [2.05, 4.69) is 34.7 Å². The minimum atomic E-state index is 0.165. The van der Waals surface area contributed by atoms with Crippen LogP contribution in [0.25, 0.3) is 0 Å². The first-order valence-electron chi connectivity index (χ1n) is 5.74. The van der Waals surface area contributed by atoms with Crippen molar-refractivity contribution in [3.8, 4) is 0 Å². The molecule has 90 valence electrons. The van der Waals surface area contributed by atoms with Crippen LogP contribution in [0.4, 0.5) is 0 Å². The summed E-state index contributed by atoms with van der Waals surface area (Å²) in [6, 6.07) is 0.662. The van der Waals surface area contributed by atoms with E-state index in [1.54, 1.807) is 7.11 Å². The van der Waals surface area contributed by atoms with Crippen LogP contribution in [0.1, 0.15) is 38.2 Å². The molecule has 3 unspecified atom stereocenters. The van der Waals surface area contributed by atoms with Gasteiger partial charge in [-0.15, -0.1) is 5.10 Å². The Morgan fingerprint density at radius 2 is 2.38 bits per heavy atom. The highest BCUT2D eigenvalue weighted by Gasteiger charge is 2.37. The number of hydrogen-bond acceptors (Lipinski definition) is 5. The molecule has 0 radical (unpaired) electrons. The Morgan fingerprint density at radius 3 is 3.00 bits per heavy atom. The molecule has 2 rings (SSSR count). The summed E-state index contributed by atoms with van der Waals surface area (Å²) in [6.07, 6.45) is 1.18. The molecule has 6 nitrogen and oxygen atoms in total. The summed E-state index contributed by atoms with van der Waals surface area (Å²) in [7, 11) is 1.70. The number of nitrogens with one attached hydrogen (secondary N) is 1. The molecule has 1 fully saturated rings. The van der Waals surface area contributed by atoms with Crippen LogP contribution in [0.15, 0.2) is 0 Å². The molecule has 0 bridgehead atoms. The Morgan fingerprint density at radius 1 is 1.62 bits per heavy atom. The molecule has 1 saturated carbocycles. The first-order chi connectivity index (χ1) is 7.74. The molecule has 1 aromatic heterocycles. The number of nitrogens with zero attached hydrogens (tertiary/aromatic N) is 4. The van der Waals surface area contributed by atoms with Crippen LogP contribution in [-0.2, 0) is 4.74 Å². The van der Waals surface area contributed by atoms with Gasteiger partial charge < -0.3 is 10.1 Å². The van der Waals surface area contributed by atoms with Crippen molar-refractivity contribution in [2.45, 2.75) is 32.4 Å². The largest absolute Gasteiger partial charge is 0.383 e. The molecule has 1 heterocycles. The van der Waals surface area contributed by atoms with E-state index in [-0.39, 0.29) is 6.04 Å². The fourth-order valence-corrected chi connectivity index (χ4v) is 1.83. The lowest BCUT2D eigenvalue weighted by atomic mass is 10.3. The van der Waals surface area contributed by atoms with E-state index < -0.39 is 0 Å². The maximum absolute atomic E-state index is 5.00. The lowest BCUT2D eigenvalue weighted by Gasteiger charge is -2.12. The van der Waals surface area contributed by atoms with Gasteiger partial charge in [0.05, 0.1) is 18.7 Å². The Balaban J connectivity index is 1.94. The lowest BCUT2D eigenvalue weighted by Crippen LogP contribution is -2.25. The minimum Gasteiger partial charge on any atom is -0.383 e. The van der Waals surface area contributed by atoms with Gasteiger partial charge in [0.1, 0.15) is 0 Å². The molecular formula is C10H19N5O. The van der Waals surface area contributed by atoms with Crippen LogP contribution in [-0.4, -0.2) is 40.5 Å². The van der Waals surface area contributed by atoms with Gasteiger partial charge in [-0.3, -0.25) is 0 Å². The average Bonchev–Trinajstić information content (AvgIpc) is 2.82. The first kappa shape index (κ1) is 11.5. The van der Waals surface area contributed by atoms with Gasteiger partial charge in [0.2, 0.25) is 0 Å². The second-order valence-corrected chi connectivity index (χ2v) is 4.43. The van der Waals surface area contributed by atoms with E-state index in [1.807, 2.05) is 4.68 Å². The third-order valence-corrected chi connectivity index (χ3v) is 3.04. The standard InChI is InChI=1S/C10H19N5O/c1-7-6-9(7)15-10(12-13-14-15)8(2)11-4-5-16-3/h7-9,11H,4-6H2,1-3H3. The SMILES string of the molecule is COCCNC(C)c1nnnn1C1CC1C. The highest BCUT2D eigenvalue weighted by Crippen LogP contribution is 2.42. The summed E-state index contributed by atoms with van der Waals surface area (Å²) in [6.45, 7) is 5.81. The van der Waals surface area contributed by atoms with Crippen molar-refractivity contribution in [3.05, 3.63) is 5.82 Å². The molecule has 0 aliphatic heterocycles. The van der Waals surface area contributed by atoms with E-state index in [0.717, 1.165) is 12.4 Å². The zero-order valence-electron chi connectivity index (χ0n) is 10.1. The third kappa shape index (κ3) is 2.38.